The molecule has 0 saturated heterocycles. The van der Waals surface area contributed by atoms with E-state index in [0.717, 1.165) is 12.0 Å². The fourth-order valence-corrected chi connectivity index (χ4v) is 3.11. The minimum absolute atomic E-state index is 0.0403. The van der Waals surface area contributed by atoms with Crippen molar-refractivity contribution in [3.8, 4) is 0 Å². The van der Waals surface area contributed by atoms with Crippen molar-refractivity contribution in [3.05, 3.63) is 35.4 Å². The van der Waals surface area contributed by atoms with E-state index in [1.807, 2.05) is 18.2 Å². The molecule has 5 heteroatoms. The number of carbonyl (C=O) groups is 1. The molecule has 1 aromatic rings. The second-order valence-corrected chi connectivity index (χ2v) is 7.79. The maximum Gasteiger partial charge on any atom is 0.254 e. The highest BCUT2D eigenvalue weighted by molar-refractivity contribution is 7.92. The molecule has 1 aliphatic heterocycles. The number of carbonyl (C=O) groups excluding carboxylic acids is 1. The second kappa shape index (κ2) is 5.33. The molecule has 104 valence electrons. The largest absolute Gasteiger partial charge is 0.337 e. The number of amides is 1. The fourth-order valence-electron chi connectivity index (χ4n) is 2.16. The summed E-state index contributed by atoms with van der Waals surface area (Å²) in [6, 6.07) is 7.52. The lowest BCUT2D eigenvalue weighted by Gasteiger charge is -2.28. The summed E-state index contributed by atoms with van der Waals surface area (Å²) < 4.78 is 23.6. The number of fused-ring (bicyclic) bond motifs is 1. The highest BCUT2D eigenvalue weighted by atomic mass is 32.2. The summed E-state index contributed by atoms with van der Waals surface area (Å²) >= 11 is 0. The molecule has 0 spiro atoms. The lowest BCUT2D eigenvalue weighted by molar-refractivity contribution is 0.0750. The molecule has 0 N–H and O–H groups in total. The van der Waals surface area contributed by atoms with E-state index < -0.39 is 9.84 Å². The summed E-state index contributed by atoms with van der Waals surface area (Å²) in [6.45, 7) is 4.22. The minimum atomic E-state index is -3.09. The Hall–Kier alpha value is -1.36. The average Bonchev–Trinajstić information content (AvgIpc) is 2.38. The molecular formula is C14H19NO3S. The highest BCUT2D eigenvalue weighted by Crippen LogP contribution is 2.18. The van der Waals surface area contributed by atoms with E-state index in [2.05, 4.69) is 0 Å². The predicted octanol–water partition coefficient (Wildman–Crippen LogP) is 1.51. The summed E-state index contributed by atoms with van der Waals surface area (Å²) in [5, 5.41) is -0.389. The van der Waals surface area contributed by atoms with Crippen LogP contribution in [0.25, 0.3) is 0 Å². The molecule has 1 heterocycles. The number of benzene rings is 1. The molecule has 1 amide bonds. The van der Waals surface area contributed by atoms with Gasteiger partial charge >= 0.3 is 0 Å². The minimum Gasteiger partial charge on any atom is -0.337 e. The number of nitrogens with zero attached hydrogens (tertiary/aromatic N) is 1. The third-order valence-electron chi connectivity index (χ3n) is 3.55. The first kappa shape index (κ1) is 14.1. The van der Waals surface area contributed by atoms with Crippen molar-refractivity contribution in [2.24, 2.45) is 0 Å². The third kappa shape index (κ3) is 2.97. The molecule has 0 atom stereocenters. The number of sulfone groups is 1. The molecule has 4 nitrogen and oxygen atoms in total. The van der Waals surface area contributed by atoms with Gasteiger partial charge in [0.1, 0.15) is 0 Å². The zero-order valence-electron chi connectivity index (χ0n) is 11.3. The molecule has 0 bridgehead atoms. The van der Waals surface area contributed by atoms with Gasteiger partial charge in [-0.15, -0.1) is 0 Å². The molecule has 0 radical (unpaired) electrons. The average molecular weight is 281 g/mol. The van der Waals surface area contributed by atoms with Gasteiger partial charge in [-0.05, 0) is 31.9 Å². The van der Waals surface area contributed by atoms with Crippen molar-refractivity contribution in [2.75, 3.05) is 18.8 Å². The van der Waals surface area contributed by atoms with Crippen molar-refractivity contribution in [2.45, 2.75) is 25.5 Å². The Morgan fingerprint density at radius 1 is 1.26 bits per heavy atom. The number of hydrogen-bond acceptors (Lipinski definition) is 3. The first-order valence-corrected chi connectivity index (χ1v) is 8.22. The summed E-state index contributed by atoms with van der Waals surface area (Å²) in [6.07, 6.45) is 0.795. The summed E-state index contributed by atoms with van der Waals surface area (Å²) in [7, 11) is -3.09. The van der Waals surface area contributed by atoms with Gasteiger partial charge in [0.05, 0.1) is 11.0 Å². The lowest BCUT2D eigenvalue weighted by Crippen LogP contribution is -2.41. The van der Waals surface area contributed by atoms with Gasteiger partial charge in [-0.3, -0.25) is 4.79 Å². The smallest absolute Gasteiger partial charge is 0.254 e. The molecule has 19 heavy (non-hydrogen) atoms. The molecule has 2 rings (SSSR count). The van der Waals surface area contributed by atoms with Crippen molar-refractivity contribution in [1.82, 2.24) is 4.90 Å². The van der Waals surface area contributed by atoms with Crippen LogP contribution < -0.4 is 0 Å². The van der Waals surface area contributed by atoms with Crippen LogP contribution in [-0.4, -0.2) is 43.3 Å². The number of hydrogen-bond donors (Lipinski definition) is 0. The number of rotatable bonds is 4. The second-order valence-electron chi connectivity index (χ2n) is 5.12. The first-order valence-electron chi connectivity index (χ1n) is 6.50. The van der Waals surface area contributed by atoms with Crippen LogP contribution in [0, 0.1) is 0 Å². The monoisotopic (exact) mass is 281 g/mol. The van der Waals surface area contributed by atoms with Gasteiger partial charge in [-0.1, -0.05) is 18.2 Å². The van der Waals surface area contributed by atoms with Crippen LogP contribution in [0.1, 0.15) is 29.8 Å². The predicted molar refractivity (Wildman–Crippen MR) is 75.0 cm³/mol. The SMILES string of the molecule is CC(C)S(=O)(=O)CCN1CCc2ccccc2C1=O. The zero-order valence-corrected chi connectivity index (χ0v) is 12.1. The van der Waals surface area contributed by atoms with E-state index in [1.54, 1.807) is 24.8 Å². The van der Waals surface area contributed by atoms with E-state index in [4.69, 9.17) is 0 Å². The molecule has 0 aliphatic carbocycles. The summed E-state index contributed by atoms with van der Waals surface area (Å²) in [5.74, 6) is -0.0146. The molecule has 1 aromatic carbocycles. The Morgan fingerprint density at radius 3 is 2.63 bits per heavy atom. The van der Waals surface area contributed by atoms with Crippen LogP contribution in [0.2, 0.25) is 0 Å². The van der Waals surface area contributed by atoms with Gasteiger partial charge in [-0.2, -0.15) is 0 Å². The van der Waals surface area contributed by atoms with Crippen LogP contribution in [-0.2, 0) is 16.3 Å². The normalized spacial score (nSPS) is 15.7. The molecular weight excluding hydrogens is 262 g/mol. The van der Waals surface area contributed by atoms with Crippen molar-refractivity contribution < 1.29 is 13.2 Å². The molecule has 0 fully saturated rings. The Kier molecular flexibility index (Phi) is 3.94. The quantitative estimate of drug-likeness (QED) is 0.840. The topological polar surface area (TPSA) is 54.5 Å². The van der Waals surface area contributed by atoms with E-state index >= 15 is 0 Å². The lowest BCUT2D eigenvalue weighted by atomic mass is 9.99. The molecule has 1 aliphatic rings. The Morgan fingerprint density at radius 2 is 1.95 bits per heavy atom. The fraction of sp³-hybridized carbons (Fsp3) is 0.500. The molecule has 0 aromatic heterocycles. The van der Waals surface area contributed by atoms with Gasteiger partial charge in [0.25, 0.3) is 5.91 Å². The van der Waals surface area contributed by atoms with Crippen LogP contribution in [0.4, 0.5) is 0 Å². The standard InChI is InChI=1S/C14H19NO3S/c1-11(2)19(17,18)10-9-15-8-7-12-5-3-4-6-13(12)14(15)16/h3-6,11H,7-10H2,1-2H3. The molecule has 0 unspecified atom stereocenters. The van der Waals surface area contributed by atoms with Gasteiger partial charge < -0.3 is 4.90 Å². The van der Waals surface area contributed by atoms with E-state index in [0.29, 0.717) is 12.1 Å². The van der Waals surface area contributed by atoms with Crippen molar-refractivity contribution in [3.63, 3.8) is 0 Å². The Bertz CT molecular complexity index is 578. The van der Waals surface area contributed by atoms with Crippen molar-refractivity contribution in [1.29, 1.82) is 0 Å². The van der Waals surface area contributed by atoms with Crippen LogP contribution in [0.5, 0.6) is 0 Å². The van der Waals surface area contributed by atoms with Crippen LogP contribution in [0.15, 0.2) is 24.3 Å². The Labute approximate surface area is 114 Å². The highest BCUT2D eigenvalue weighted by Gasteiger charge is 2.25. The van der Waals surface area contributed by atoms with Crippen LogP contribution >= 0.6 is 0 Å². The Balaban J connectivity index is 2.07. The van der Waals surface area contributed by atoms with Gasteiger partial charge in [0.2, 0.25) is 0 Å². The summed E-state index contributed by atoms with van der Waals surface area (Å²) in [5.41, 5.74) is 1.76. The maximum atomic E-state index is 12.2. The van der Waals surface area contributed by atoms with Gasteiger partial charge in [0.15, 0.2) is 9.84 Å². The summed E-state index contributed by atoms with van der Waals surface area (Å²) in [4.78, 5) is 13.9. The zero-order chi connectivity index (χ0) is 14.0. The van der Waals surface area contributed by atoms with E-state index in [-0.39, 0.29) is 23.5 Å². The van der Waals surface area contributed by atoms with E-state index in [9.17, 15) is 13.2 Å². The van der Waals surface area contributed by atoms with Crippen LogP contribution in [0.3, 0.4) is 0 Å². The van der Waals surface area contributed by atoms with Crippen molar-refractivity contribution >= 4 is 15.7 Å². The third-order valence-corrected chi connectivity index (χ3v) is 5.74. The molecule has 0 saturated carbocycles. The first-order chi connectivity index (χ1) is 8.92. The van der Waals surface area contributed by atoms with E-state index in [1.165, 1.54) is 0 Å². The van der Waals surface area contributed by atoms with Gasteiger partial charge in [0, 0.05) is 18.7 Å². The van der Waals surface area contributed by atoms with Gasteiger partial charge in [-0.25, -0.2) is 8.42 Å². The maximum absolute atomic E-state index is 12.2.